The zero-order valence-corrected chi connectivity index (χ0v) is 14.6. The average molecular weight is 337 g/mol. The second-order valence-corrected chi connectivity index (χ2v) is 7.77. The first kappa shape index (κ1) is 15.1. The van der Waals surface area contributed by atoms with E-state index in [2.05, 4.69) is 40.7 Å². The molecule has 2 fully saturated rings. The van der Waals surface area contributed by atoms with E-state index in [-0.39, 0.29) is 11.5 Å². The standard InChI is InChI=1S/C20H23N3O2/c1-14-2-4-15(5-3-14)17-10-21-18-11-25-20(13-23(17)18)8-9-22(12-20)19(24)16-6-7-16/h2-5,10,16H,6-9,11-13H2,1H3/t20-/m1/s1. The molecule has 3 heterocycles. The Morgan fingerprint density at radius 2 is 2.04 bits per heavy atom. The Morgan fingerprint density at radius 3 is 2.80 bits per heavy atom. The summed E-state index contributed by atoms with van der Waals surface area (Å²) in [4.78, 5) is 19.0. The van der Waals surface area contributed by atoms with E-state index in [1.165, 1.54) is 11.1 Å². The fourth-order valence-electron chi connectivity index (χ4n) is 4.08. The molecule has 0 unspecified atom stereocenters. The highest BCUT2D eigenvalue weighted by molar-refractivity contribution is 5.81. The van der Waals surface area contributed by atoms with Crippen LogP contribution in [0.15, 0.2) is 30.5 Å². The van der Waals surface area contributed by atoms with Gasteiger partial charge in [-0.05, 0) is 31.7 Å². The first-order valence-corrected chi connectivity index (χ1v) is 9.18. The molecule has 1 spiro atoms. The molecule has 5 nitrogen and oxygen atoms in total. The zero-order chi connectivity index (χ0) is 17.0. The molecule has 5 heteroatoms. The molecule has 2 aliphatic heterocycles. The lowest BCUT2D eigenvalue weighted by Crippen LogP contribution is -2.45. The number of nitrogens with zero attached hydrogens (tertiary/aromatic N) is 3. The zero-order valence-electron chi connectivity index (χ0n) is 14.6. The molecule has 2 aromatic rings. The van der Waals surface area contributed by atoms with E-state index in [1.807, 2.05) is 11.1 Å². The lowest BCUT2D eigenvalue weighted by molar-refractivity contribution is -0.134. The molecule has 1 aromatic heterocycles. The smallest absolute Gasteiger partial charge is 0.225 e. The largest absolute Gasteiger partial charge is 0.363 e. The van der Waals surface area contributed by atoms with Crippen molar-refractivity contribution < 1.29 is 9.53 Å². The normalized spacial score (nSPS) is 25.4. The molecule has 0 bridgehead atoms. The third-order valence-corrected chi connectivity index (χ3v) is 5.79. The van der Waals surface area contributed by atoms with Gasteiger partial charge in [-0.25, -0.2) is 4.98 Å². The van der Waals surface area contributed by atoms with Crippen LogP contribution in [0.4, 0.5) is 0 Å². The van der Waals surface area contributed by atoms with E-state index in [9.17, 15) is 4.79 Å². The number of fused-ring (bicyclic) bond motifs is 1. The highest BCUT2D eigenvalue weighted by atomic mass is 16.5. The number of aromatic nitrogens is 2. The number of carbonyl (C=O) groups excluding carboxylic acids is 1. The van der Waals surface area contributed by atoms with Crippen molar-refractivity contribution >= 4 is 5.91 Å². The summed E-state index contributed by atoms with van der Waals surface area (Å²) in [5, 5.41) is 0. The van der Waals surface area contributed by atoms with Crippen LogP contribution in [-0.4, -0.2) is 39.0 Å². The molecule has 1 saturated heterocycles. The number of ether oxygens (including phenoxy) is 1. The average Bonchev–Trinajstić information content (AvgIpc) is 3.28. The second-order valence-electron chi connectivity index (χ2n) is 7.77. The number of hydrogen-bond donors (Lipinski definition) is 0. The van der Waals surface area contributed by atoms with Crippen LogP contribution in [-0.2, 0) is 22.7 Å². The van der Waals surface area contributed by atoms with E-state index in [0.29, 0.717) is 19.1 Å². The summed E-state index contributed by atoms with van der Waals surface area (Å²) in [7, 11) is 0. The van der Waals surface area contributed by atoms with Crippen molar-refractivity contribution in [3.63, 3.8) is 0 Å². The van der Waals surface area contributed by atoms with Gasteiger partial charge < -0.3 is 14.2 Å². The molecule has 3 aliphatic rings. The molecule has 0 N–H and O–H groups in total. The van der Waals surface area contributed by atoms with Gasteiger partial charge in [-0.2, -0.15) is 0 Å². The molecule has 1 aromatic carbocycles. The van der Waals surface area contributed by atoms with E-state index in [0.717, 1.165) is 43.9 Å². The third kappa shape index (κ3) is 2.58. The van der Waals surface area contributed by atoms with Crippen molar-refractivity contribution in [2.45, 2.75) is 44.9 Å². The van der Waals surface area contributed by atoms with Gasteiger partial charge in [0.1, 0.15) is 18.0 Å². The number of benzene rings is 1. The van der Waals surface area contributed by atoms with Crippen LogP contribution in [0.5, 0.6) is 0 Å². The Bertz CT molecular complexity index is 822. The first-order chi connectivity index (χ1) is 12.1. The minimum atomic E-state index is -0.252. The van der Waals surface area contributed by atoms with E-state index in [4.69, 9.17) is 4.74 Å². The Balaban J connectivity index is 1.41. The maximum atomic E-state index is 12.4. The molecule has 130 valence electrons. The van der Waals surface area contributed by atoms with Crippen LogP contribution in [0, 0.1) is 12.8 Å². The van der Waals surface area contributed by atoms with Crippen LogP contribution in [0.3, 0.4) is 0 Å². The summed E-state index contributed by atoms with van der Waals surface area (Å²) >= 11 is 0. The summed E-state index contributed by atoms with van der Waals surface area (Å²) in [6.45, 7) is 4.94. The van der Waals surface area contributed by atoms with E-state index < -0.39 is 0 Å². The highest BCUT2D eigenvalue weighted by Crippen LogP contribution is 2.38. The molecular weight excluding hydrogens is 314 g/mol. The van der Waals surface area contributed by atoms with Gasteiger partial charge in [0.2, 0.25) is 5.91 Å². The van der Waals surface area contributed by atoms with Crippen LogP contribution in [0.1, 0.15) is 30.7 Å². The van der Waals surface area contributed by atoms with Crippen LogP contribution >= 0.6 is 0 Å². The number of amides is 1. The van der Waals surface area contributed by atoms with E-state index >= 15 is 0 Å². The van der Waals surface area contributed by atoms with Gasteiger partial charge in [0.05, 0.1) is 25.0 Å². The number of likely N-dealkylation sites (tertiary alicyclic amines) is 1. The second kappa shape index (κ2) is 5.43. The van der Waals surface area contributed by atoms with Crippen LogP contribution in [0.2, 0.25) is 0 Å². The minimum absolute atomic E-state index is 0.252. The number of aryl methyl sites for hydroxylation is 1. The maximum absolute atomic E-state index is 12.4. The van der Waals surface area contributed by atoms with E-state index in [1.54, 1.807) is 0 Å². The number of hydrogen-bond acceptors (Lipinski definition) is 3. The van der Waals surface area contributed by atoms with Crippen molar-refractivity contribution in [3.8, 4) is 11.3 Å². The predicted octanol–water partition coefficient (Wildman–Crippen LogP) is 2.77. The minimum Gasteiger partial charge on any atom is -0.363 e. The van der Waals surface area contributed by atoms with Crippen molar-refractivity contribution in [3.05, 3.63) is 41.9 Å². The van der Waals surface area contributed by atoms with Crippen molar-refractivity contribution in [2.24, 2.45) is 5.92 Å². The molecule has 1 atom stereocenters. The summed E-state index contributed by atoms with van der Waals surface area (Å²) in [6.07, 6.45) is 4.99. The topological polar surface area (TPSA) is 47.4 Å². The molecule has 1 amide bonds. The Labute approximate surface area is 147 Å². The maximum Gasteiger partial charge on any atom is 0.225 e. The fourth-order valence-corrected chi connectivity index (χ4v) is 4.08. The molecule has 0 radical (unpaired) electrons. The summed E-state index contributed by atoms with van der Waals surface area (Å²) in [6, 6.07) is 8.57. The summed E-state index contributed by atoms with van der Waals surface area (Å²) in [5.41, 5.74) is 3.33. The van der Waals surface area contributed by atoms with Gasteiger partial charge in [-0.1, -0.05) is 29.8 Å². The molecule has 25 heavy (non-hydrogen) atoms. The van der Waals surface area contributed by atoms with Crippen molar-refractivity contribution in [1.29, 1.82) is 0 Å². The lowest BCUT2D eigenvalue weighted by atomic mass is 10.0. The SMILES string of the molecule is Cc1ccc(-c2cnc3n2C[C@]2(CCN(C(=O)C4CC4)C2)OC3)cc1. The van der Waals surface area contributed by atoms with Gasteiger partial charge in [0.25, 0.3) is 0 Å². The van der Waals surface area contributed by atoms with Crippen molar-refractivity contribution in [2.75, 3.05) is 13.1 Å². The van der Waals surface area contributed by atoms with Gasteiger partial charge >= 0.3 is 0 Å². The number of carbonyl (C=O) groups is 1. The monoisotopic (exact) mass is 337 g/mol. The number of imidazole rings is 1. The van der Waals surface area contributed by atoms with Crippen LogP contribution in [0.25, 0.3) is 11.3 Å². The van der Waals surface area contributed by atoms with Crippen molar-refractivity contribution in [1.82, 2.24) is 14.5 Å². The predicted molar refractivity (Wildman–Crippen MR) is 93.8 cm³/mol. The van der Waals surface area contributed by atoms with Gasteiger partial charge in [-0.3, -0.25) is 4.79 Å². The Kier molecular flexibility index (Phi) is 3.29. The molecule has 1 saturated carbocycles. The van der Waals surface area contributed by atoms with Gasteiger partial charge in [-0.15, -0.1) is 0 Å². The Morgan fingerprint density at radius 1 is 1.24 bits per heavy atom. The summed E-state index contributed by atoms with van der Waals surface area (Å²) in [5.74, 6) is 1.59. The first-order valence-electron chi connectivity index (χ1n) is 9.18. The van der Waals surface area contributed by atoms with Gasteiger partial charge in [0.15, 0.2) is 0 Å². The Hall–Kier alpha value is -2.14. The number of rotatable bonds is 2. The highest BCUT2D eigenvalue weighted by Gasteiger charge is 2.46. The lowest BCUT2D eigenvalue weighted by Gasteiger charge is -2.35. The third-order valence-electron chi connectivity index (χ3n) is 5.79. The molecule has 5 rings (SSSR count). The summed E-state index contributed by atoms with van der Waals surface area (Å²) < 4.78 is 8.52. The van der Waals surface area contributed by atoms with Crippen LogP contribution < -0.4 is 0 Å². The molecule has 1 aliphatic carbocycles. The fraction of sp³-hybridized carbons (Fsp3) is 0.500. The molecular formula is C20H23N3O2. The quantitative estimate of drug-likeness (QED) is 0.847. The van der Waals surface area contributed by atoms with Gasteiger partial charge in [0, 0.05) is 12.5 Å².